The first-order valence-electron chi connectivity index (χ1n) is 13.4. The van der Waals surface area contributed by atoms with E-state index in [-0.39, 0.29) is 22.9 Å². The van der Waals surface area contributed by atoms with Crippen LogP contribution in [0.5, 0.6) is 11.5 Å². The van der Waals surface area contributed by atoms with Crippen molar-refractivity contribution in [1.29, 1.82) is 0 Å². The van der Waals surface area contributed by atoms with E-state index >= 15 is 0 Å². The molecule has 0 radical (unpaired) electrons. The number of benzene rings is 3. The molecule has 3 aromatic carbocycles. The highest BCUT2D eigenvalue weighted by molar-refractivity contribution is 8.00. The van der Waals surface area contributed by atoms with E-state index in [0.29, 0.717) is 46.1 Å². The zero-order chi connectivity index (χ0) is 30.4. The van der Waals surface area contributed by atoms with E-state index in [1.54, 1.807) is 28.8 Å². The summed E-state index contributed by atoms with van der Waals surface area (Å²) in [6, 6.07) is 17.1. The summed E-state index contributed by atoms with van der Waals surface area (Å²) in [4.78, 5) is 31.9. The highest BCUT2D eigenvalue weighted by atomic mass is 32.2. The Bertz CT molecular complexity index is 1740. The summed E-state index contributed by atoms with van der Waals surface area (Å²) < 4.78 is 35.6. The van der Waals surface area contributed by atoms with Gasteiger partial charge in [0.25, 0.3) is 5.56 Å². The Morgan fingerprint density at radius 1 is 1.00 bits per heavy atom. The summed E-state index contributed by atoms with van der Waals surface area (Å²) in [5, 5.41) is 8.39. The Labute approximate surface area is 249 Å². The predicted octanol–water partition coefficient (Wildman–Crippen LogP) is 4.38. The summed E-state index contributed by atoms with van der Waals surface area (Å²) in [6.45, 7) is 4.21. The molecule has 0 aliphatic carbocycles. The molecule has 1 heterocycles. The van der Waals surface area contributed by atoms with E-state index in [2.05, 4.69) is 12.2 Å². The number of ether oxygens (including phenoxy) is 2. The Kier molecular flexibility index (Phi) is 9.92. The number of sulfonamides is 1. The van der Waals surface area contributed by atoms with Crippen molar-refractivity contribution in [2.45, 2.75) is 55.0 Å². The molecule has 222 valence electrons. The lowest BCUT2D eigenvalue weighted by Gasteiger charge is -2.19. The number of aryl methyl sites for hydroxylation is 2. The minimum Gasteiger partial charge on any atom is -0.493 e. The van der Waals surface area contributed by atoms with Crippen molar-refractivity contribution in [2.75, 3.05) is 19.5 Å². The molecule has 4 aromatic rings. The molecule has 42 heavy (non-hydrogen) atoms. The maximum atomic E-state index is 13.8. The average Bonchev–Trinajstić information content (AvgIpc) is 2.99. The molecule has 0 saturated heterocycles. The number of methoxy groups -OCH3 is 2. The van der Waals surface area contributed by atoms with Crippen molar-refractivity contribution < 1.29 is 22.7 Å². The standard InChI is InChI=1S/C30H34N4O6S2/c1-5-19-7-11-21(12-8-19)32-28(35)27(6-2)41-30-33-24-18-26(40-4)25(39-3)17-23(24)29(36)34(30)16-15-20-9-13-22(14-10-20)42(31,37)38/h7-14,17-18,27H,5-6,15-16H2,1-4H3,(H,32,35)(H2,31,37,38)/t27-/m1/s1. The number of rotatable bonds is 12. The molecule has 0 fully saturated rings. The Morgan fingerprint density at radius 3 is 2.19 bits per heavy atom. The number of primary sulfonamides is 1. The van der Waals surface area contributed by atoms with Crippen molar-refractivity contribution in [3.05, 3.63) is 82.1 Å². The highest BCUT2D eigenvalue weighted by Crippen LogP contribution is 2.32. The molecule has 10 nitrogen and oxygen atoms in total. The number of nitrogens with zero attached hydrogens (tertiary/aromatic N) is 2. The molecular formula is C30H34N4O6S2. The van der Waals surface area contributed by atoms with Gasteiger partial charge in [-0.25, -0.2) is 18.5 Å². The maximum Gasteiger partial charge on any atom is 0.262 e. The summed E-state index contributed by atoms with van der Waals surface area (Å²) in [7, 11) is -0.819. The van der Waals surface area contributed by atoms with E-state index in [9.17, 15) is 18.0 Å². The molecule has 1 atom stereocenters. The summed E-state index contributed by atoms with van der Waals surface area (Å²) in [5.41, 5.74) is 2.79. The smallest absolute Gasteiger partial charge is 0.262 e. The number of hydrogen-bond donors (Lipinski definition) is 2. The van der Waals surface area contributed by atoms with Crippen LogP contribution in [0.3, 0.4) is 0 Å². The van der Waals surface area contributed by atoms with Gasteiger partial charge in [0.15, 0.2) is 16.7 Å². The van der Waals surface area contributed by atoms with Gasteiger partial charge in [0.05, 0.1) is 35.3 Å². The number of thioether (sulfide) groups is 1. The van der Waals surface area contributed by atoms with Crippen LogP contribution < -0.4 is 25.5 Å². The van der Waals surface area contributed by atoms with E-state index in [1.165, 1.54) is 43.7 Å². The molecule has 0 aliphatic rings. The number of anilines is 1. The molecule has 1 amide bonds. The number of fused-ring (bicyclic) bond motifs is 1. The SMILES string of the molecule is CCc1ccc(NC(=O)[C@@H](CC)Sc2nc3cc(OC)c(OC)cc3c(=O)n2CCc2ccc(S(N)(=O)=O)cc2)cc1. The van der Waals surface area contributed by atoms with Crippen LogP contribution in [0, 0.1) is 0 Å². The lowest BCUT2D eigenvalue weighted by atomic mass is 10.1. The van der Waals surface area contributed by atoms with Crippen molar-refractivity contribution in [2.24, 2.45) is 5.14 Å². The first-order chi connectivity index (χ1) is 20.1. The van der Waals surface area contributed by atoms with Crippen LogP contribution in [-0.2, 0) is 34.2 Å². The minimum absolute atomic E-state index is 0.00853. The summed E-state index contributed by atoms with van der Waals surface area (Å²) in [6.07, 6.45) is 1.81. The van der Waals surface area contributed by atoms with Crippen molar-refractivity contribution in [3.8, 4) is 11.5 Å². The molecule has 4 rings (SSSR count). The predicted molar refractivity (Wildman–Crippen MR) is 165 cm³/mol. The zero-order valence-electron chi connectivity index (χ0n) is 23.9. The van der Waals surface area contributed by atoms with Gasteiger partial charge in [0, 0.05) is 18.3 Å². The normalized spacial score (nSPS) is 12.2. The third kappa shape index (κ3) is 7.12. The second kappa shape index (κ2) is 13.4. The van der Waals surface area contributed by atoms with Gasteiger partial charge in [0.1, 0.15) is 0 Å². The Morgan fingerprint density at radius 2 is 1.62 bits per heavy atom. The van der Waals surface area contributed by atoms with Gasteiger partial charge in [-0.1, -0.05) is 49.9 Å². The van der Waals surface area contributed by atoms with Gasteiger partial charge in [-0.05, 0) is 60.7 Å². The summed E-state index contributed by atoms with van der Waals surface area (Å²) >= 11 is 1.22. The number of nitrogens with two attached hydrogens (primary N) is 1. The van der Waals surface area contributed by atoms with Crippen molar-refractivity contribution >= 4 is 44.3 Å². The number of amides is 1. The first kappa shape index (κ1) is 31.1. The topological polar surface area (TPSA) is 143 Å². The second-order valence-corrected chi connectivity index (χ2v) is 12.3. The maximum absolute atomic E-state index is 13.8. The molecule has 0 aliphatic heterocycles. The number of nitrogens with one attached hydrogen (secondary N) is 1. The Hall–Kier alpha value is -3.87. The minimum atomic E-state index is -3.82. The van der Waals surface area contributed by atoms with E-state index in [0.717, 1.165) is 12.0 Å². The number of carbonyl (C=O) groups is 1. The van der Waals surface area contributed by atoms with Crippen LogP contribution >= 0.6 is 11.8 Å². The van der Waals surface area contributed by atoms with Crippen LogP contribution in [0.4, 0.5) is 5.69 Å². The fourth-order valence-electron chi connectivity index (χ4n) is 4.40. The fourth-order valence-corrected chi connectivity index (χ4v) is 5.95. The van der Waals surface area contributed by atoms with Gasteiger partial charge >= 0.3 is 0 Å². The molecule has 12 heteroatoms. The zero-order valence-corrected chi connectivity index (χ0v) is 25.6. The molecular weight excluding hydrogens is 576 g/mol. The van der Waals surface area contributed by atoms with Gasteiger partial charge < -0.3 is 14.8 Å². The van der Waals surface area contributed by atoms with Gasteiger partial charge in [0.2, 0.25) is 15.9 Å². The number of carbonyl (C=O) groups excluding carboxylic acids is 1. The van der Waals surface area contributed by atoms with E-state index in [4.69, 9.17) is 19.6 Å². The van der Waals surface area contributed by atoms with Crippen LogP contribution in [0.1, 0.15) is 31.4 Å². The largest absolute Gasteiger partial charge is 0.493 e. The molecule has 0 saturated carbocycles. The van der Waals surface area contributed by atoms with Gasteiger partial charge in [-0.15, -0.1) is 0 Å². The van der Waals surface area contributed by atoms with Gasteiger partial charge in [-0.3, -0.25) is 14.2 Å². The van der Waals surface area contributed by atoms with Crippen molar-refractivity contribution in [3.63, 3.8) is 0 Å². The second-order valence-electron chi connectivity index (χ2n) is 9.57. The van der Waals surface area contributed by atoms with E-state index in [1.807, 2.05) is 31.2 Å². The van der Waals surface area contributed by atoms with Crippen LogP contribution in [-0.4, -0.2) is 43.3 Å². The molecule has 0 unspecified atom stereocenters. The van der Waals surface area contributed by atoms with Crippen LogP contribution in [0.25, 0.3) is 10.9 Å². The van der Waals surface area contributed by atoms with Crippen molar-refractivity contribution in [1.82, 2.24) is 9.55 Å². The molecule has 0 spiro atoms. The monoisotopic (exact) mass is 610 g/mol. The first-order valence-corrected chi connectivity index (χ1v) is 15.8. The van der Waals surface area contributed by atoms with Gasteiger partial charge in [-0.2, -0.15) is 0 Å². The van der Waals surface area contributed by atoms with E-state index < -0.39 is 15.3 Å². The third-order valence-corrected chi connectivity index (χ3v) is 9.12. The Balaban J connectivity index is 1.70. The van der Waals surface area contributed by atoms with Crippen LogP contribution in [0.2, 0.25) is 0 Å². The fraction of sp³-hybridized carbons (Fsp3) is 0.300. The molecule has 0 bridgehead atoms. The molecule has 3 N–H and O–H groups in total. The highest BCUT2D eigenvalue weighted by Gasteiger charge is 2.23. The average molecular weight is 611 g/mol. The third-order valence-electron chi connectivity index (χ3n) is 6.84. The quantitative estimate of drug-likeness (QED) is 0.178. The number of aromatic nitrogens is 2. The number of hydrogen-bond acceptors (Lipinski definition) is 8. The lowest BCUT2D eigenvalue weighted by molar-refractivity contribution is -0.115. The summed E-state index contributed by atoms with van der Waals surface area (Å²) in [5.74, 6) is 0.633. The van der Waals surface area contributed by atoms with Crippen LogP contribution in [0.15, 0.2) is 75.5 Å². The molecule has 1 aromatic heterocycles. The lowest BCUT2D eigenvalue weighted by Crippen LogP contribution is -2.28.